The minimum atomic E-state index is -0.688. The first kappa shape index (κ1) is 10.5. The summed E-state index contributed by atoms with van der Waals surface area (Å²) in [6.07, 6.45) is 0.693. The summed E-state index contributed by atoms with van der Waals surface area (Å²) < 4.78 is 0. The number of nitrogens with zero attached hydrogens (tertiary/aromatic N) is 2. The summed E-state index contributed by atoms with van der Waals surface area (Å²) in [6.45, 7) is 5.63. The van der Waals surface area contributed by atoms with E-state index < -0.39 is 5.97 Å². The zero-order valence-electron chi connectivity index (χ0n) is 8.36. The molecule has 0 aliphatic carbocycles. The number of piperazine rings is 1. The largest absolute Gasteiger partial charge is 0.480 e. The van der Waals surface area contributed by atoms with Gasteiger partial charge in [0.2, 0.25) is 0 Å². The van der Waals surface area contributed by atoms with Crippen molar-refractivity contribution in [1.82, 2.24) is 9.80 Å². The monoisotopic (exact) mass is 186 g/mol. The summed E-state index contributed by atoms with van der Waals surface area (Å²) in [6, 6.07) is -0.284. The number of carboxylic acid groups (broad SMARTS) is 1. The second-order valence-corrected chi connectivity index (χ2v) is 3.60. The van der Waals surface area contributed by atoms with E-state index in [4.69, 9.17) is 5.11 Å². The van der Waals surface area contributed by atoms with Gasteiger partial charge < -0.3 is 10.0 Å². The van der Waals surface area contributed by atoms with Gasteiger partial charge in [-0.2, -0.15) is 0 Å². The fourth-order valence-corrected chi connectivity index (χ4v) is 1.72. The van der Waals surface area contributed by atoms with E-state index in [1.165, 1.54) is 0 Å². The molecule has 76 valence electrons. The maximum atomic E-state index is 10.9. The molecule has 0 aromatic carbocycles. The molecule has 1 aliphatic heterocycles. The first-order valence-electron chi connectivity index (χ1n) is 4.80. The molecule has 1 rings (SSSR count). The zero-order valence-corrected chi connectivity index (χ0v) is 8.36. The number of rotatable bonds is 3. The second kappa shape index (κ2) is 4.58. The van der Waals surface area contributed by atoms with Crippen LogP contribution in [0.25, 0.3) is 0 Å². The molecule has 0 bridgehead atoms. The lowest BCUT2D eigenvalue weighted by Gasteiger charge is -2.35. The fourth-order valence-electron chi connectivity index (χ4n) is 1.72. The average Bonchev–Trinajstić information content (AvgIpc) is 2.09. The van der Waals surface area contributed by atoms with Crippen LogP contribution < -0.4 is 0 Å². The summed E-state index contributed by atoms with van der Waals surface area (Å²) in [5.74, 6) is -0.688. The molecule has 1 saturated heterocycles. The van der Waals surface area contributed by atoms with Crippen LogP contribution in [0.2, 0.25) is 0 Å². The van der Waals surface area contributed by atoms with Crippen molar-refractivity contribution >= 4 is 5.97 Å². The molecule has 0 aromatic heterocycles. The Bertz CT molecular complexity index is 176. The zero-order chi connectivity index (χ0) is 9.84. The minimum Gasteiger partial charge on any atom is -0.480 e. The highest BCUT2D eigenvalue weighted by Gasteiger charge is 2.25. The molecule has 0 radical (unpaired) electrons. The molecule has 1 fully saturated rings. The second-order valence-electron chi connectivity index (χ2n) is 3.60. The SMILES string of the molecule is CC[C@@H](C(=O)O)N1CCN(C)CC1. The topological polar surface area (TPSA) is 43.8 Å². The number of likely N-dealkylation sites (N-methyl/N-ethyl adjacent to an activating group) is 1. The molecule has 0 spiro atoms. The van der Waals surface area contributed by atoms with E-state index in [0.29, 0.717) is 6.42 Å². The van der Waals surface area contributed by atoms with Gasteiger partial charge in [-0.25, -0.2) is 0 Å². The maximum Gasteiger partial charge on any atom is 0.320 e. The van der Waals surface area contributed by atoms with E-state index in [9.17, 15) is 4.79 Å². The highest BCUT2D eigenvalue weighted by atomic mass is 16.4. The lowest BCUT2D eigenvalue weighted by Crippen LogP contribution is -2.51. The smallest absolute Gasteiger partial charge is 0.320 e. The molecular weight excluding hydrogens is 168 g/mol. The van der Waals surface area contributed by atoms with Gasteiger partial charge >= 0.3 is 5.97 Å². The van der Waals surface area contributed by atoms with Crippen LogP contribution in [0.1, 0.15) is 13.3 Å². The Hall–Kier alpha value is -0.610. The Morgan fingerprint density at radius 2 is 1.92 bits per heavy atom. The van der Waals surface area contributed by atoms with Gasteiger partial charge in [-0.15, -0.1) is 0 Å². The normalized spacial score (nSPS) is 22.9. The number of hydrogen-bond donors (Lipinski definition) is 1. The summed E-state index contributed by atoms with van der Waals surface area (Å²) in [5, 5.41) is 8.94. The molecule has 0 aromatic rings. The lowest BCUT2D eigenvalue weighted by molar-refractivity contribution is -0.144. The van der Waals surface area contributed by atoms with E-state index in [1.807, 2.05) is 6.92 Å². The highest BCUT2D eigenvalue weighted by Crippen LogP contribution is 2.08. The average molecular weight is 186 g/mol. The predicted molar refractivity (Wildman–Crippen MR) is 50.8 cm³/mol. The Labute approximate surface area is 79.1 Å². The van der Waals surface area contributed by atoms with Gasteiger partial charge in [0.1, 0.15) is 6.04 Å². The molecular formula is C9H18N2O2. The van der Waals surface area contributed by atoms with Crippen LogP contribution in [-0.2, 0) is 4.79 Å². The lowest BCUT2D eigenvalue weighted by atomic mass is 10.1. The molecule has 1 atom stereocenters. The molecule has 0 amide bonds. The Kier molecular flexibility index (Phi) is 3.69. The predicted octanol–water partition coefficient (Wildman–Crippen LogP) is 0.0970. The summed E-state index contributed by atoms with van der Waals surface area (Å²) >= 11 is 0. The van der Waals surface area contributed by atoms with Crippen molar-refractivity contribution in [3.05, 3.63) is 0 Å². The van der Waals surface area contributed by atoms with Gasteiger partial charge in [-0.3, -0.25) is 9.69 Å². The molecule has 1 N–H and O–H groups in total. The van der Waals surface area contributed by atoms with Crippen LogP contribution in [-0.4, -0.2) is 60.1 Å². The van der Waals surface area contributed by atoms with Crippen molar-refractivity contribution in [1.29, 1.82) is 0 Å². The third-order valence-corrected chi connectivity index (χ3v) is 2.65. The number of hydrogen-bond acceptors (Lipinski definition) is 3. The van der Waals surface area contributed by atoms with Gasteiger partial charge in [0.25, 0.3) is 0 Å². The van der Waals surface area contributed by atoms with Gasteiger partial charge in [0, 0.05) is 26.2 Å². The molecule has 4 heteroatoms. The van der Waals surface area contributed by atoms with E-state index in [2.05, 4.69) is 16.8 Å². The third kappa shape index (κ3) is 2.67. The van der Waals surface area contributed by atoms with Crippen molar-refractivity contribution in [3.8, 4) is 0 Å². The van der Waals surface area contributed by atoms with E-state index >= 15 is 0 Å². The van der Waals surface area contributed by atoms with E-state index in [1.54, 1.807) is 0 Å². The van der Waals surface area contributed by atoms with Crippen molar-refractivity contribution in [2.45, 2.75) is 19.4 Å². The molecule has 0 saturated carbocycles. The number of carbonyl (C=O) groups is 1. The maximum absolute atomic E-state index is 10.9. The third-order valence-electron chi connectivity index (χ3n) is 2.65. The van der Waals surface area contributed by atoms with Crippen molar-refractivity contribution in [2.75, 3.05) is 33.2 Å². The highest BCUT2D eigenvalue weighted by molar-refractivity contribution is 5.73. The van der Waals surface area contributed by atoms with E-state index in [-0.39, 0.29) is 6.04 Å². The van der Waals surface area contributed by atoms with Gasteiger partial charge in [-0.1, -0.05) is 6.92 Å². The van der Waals surface area contributed by atoms with Gasteiger partial charge in [0.15, 0.2) is 0 Å². The molecule has 4 nitrogen and oxygen atoms in total. The summed E-state index contributed by atoms with van der Waals surface area (Å²) in [5.41, 5.74) is 0. The summed E-state index contributed by atoms with van der Waals surface area (Å²) in [7, 11) is 2.07. The Morgan fingerprint density at radius 3 is 2.31 bits per heavy atom. The van der Waals surface area contributed by atoms with Crippen LogP contribution in [0.3, 0.4) is 0 Å². The molecule has 13 heavy (non-hydrogen) atoms. The summed E-state index contributed by atoms with van der Waals surface area (Å²) in [4.78, 5) is 15.1. The van der Waals surface area contributed by atoms with Gasteiger partial charge in [0.05, 0.1) is 0 Å². The van der Waals surface area contributed by atoms with Crippen LogP contribution in [0, 0.1) is 0 Å². The first-order valence-corrected chi connectivity index (χ1v) is 4.80. The number of carboxylic acids is 1. The first-order chi connectivity index (χ1) is 6.15. The minimum absolute atomic E-state index is 0.284. The number of aliphatic carboxylic acids is 1. The van der Waals surface area contributed by atoms with Crippen LogP contribution in [0.4, 0.5) is 0 Å². The van der Waals surface area contributed by atoms with Crippen molar-refractivity contribution in [3.63, 3.8) is 0 Å². The van der Waals surface area contributed by atoms with Gasteiger partial charge in [-0.05, 0) is 13.5 Å². The fraction of sp³-hybridized carbons (Fsp3) is 0.889. The Balaban J connectivity index is 2.46. The van der Waals surface area contributed by atoms with Crippen LogP contribution in [0.15, 0.2) is 0 Å². The quantitative estimate of drug-likeness (QED) is 0.679. The standard InChI is InChI=1S/C9H18N2O2/c1-3-8(9(12)13)11-6-4-10(2)5-7-11/h8H,3-7H2,1-2H3,(H,12,13)/t8-/m0/s1. The van der Waals surface area contributed by atoms with Crippen LogP contribution >= 0.6 is 0 Å². The Morgan fingerprint density at radius 1 is 1.38 bits per heavy atom. The molecule has 1 heterocycles. The van der Waals surface area contributed by atoms with Crippen molar-refractivity contribution in [2.24, 2.45) is 0 Å². The van der Waals surface area contributed by atoms with Crippen LogP contribution in [0.5, 0.6) is 0 Å². The van der Waals surface area contributed by atoms with E-state index in [0.717, 1.165) is 26.2 Å². The van der Waals surface area contributed by atoms with Crippen molar-refractivity contribution < 1.29 is 9.90 Å². The molecule has 0 unspecified atom stereocenters. The molecule has 1 aliphatic rings.